The van der Waals surface area contributed by atoms with Crippen molar-refractivity contribution in [2.75, 3.05) is 6.61 Å². The Bertz CT molecular complexity index is 473. The number of hydrogen-bond donors (Lipinski definition) is 0. The average Bonchev–Trinajstić information content (AvgIpc) is 2.82. The summed E-state index contributed by atoms with van der Waals surface area (Å²) in [4.78, 5) is 13.7. The largest absolute Gasteiger partial charge is 0.447 e. The first-order chi connectivity index (χ1) is 9.34. The molecule has 1 heterocycles. The summed E-state index contributed by atoms with van der Waals surface area (Å²) in [6.07, 6.45) is 7.84. The van der Waals surface area contributed by atoms with E-state index in [4.69, 9.17) is 4.74 Å². The molecule has 1 saturated carbocycles. The van der Waals surface area contributed by atoms with Crippen LogP contribution in [-0.4, -0.2) is 17.6 Å². The molecule has 1 aromatic rings. The van der Waals surface area contributed by atoms with E-state index in [0.29, 0.717) is 6.61 Å². The highest BCUT2D eigenvalue weighted by molar-refractivity contribution is 5.72. The minimum atomic E-state index is -0.216. The molecule has 0 unspecified atom stereocenters. The number of amides is 1. The number of cyclic esters (lactones) is 1. The predicted octanol–water partition coefficient (Wildman–Crippen LogP) is 4.03. The fourth-order valence-corrected chi connectivity index (χ4v) is 2.84. The maximum atomic E-state index is 11.9. The van der Waals surface area contributed by atoms with Crippen molar-refractivity contribution in [3.63, 3.8) is 0 Å². The van der Waals surface area contributed by atoms with Crippen LogP contribution in [0.15, 0.2) is 42.1 Å². The third-order valence-electron chi connectivity index (χ3n) is 3.91. The first kappa shape index (κ1) is 12.3. The lowest BCUT2D eigenvalue weighted by molar-refractivity contribution is 0.166. The van der Waals surface area contributed by atoms with Gasteiger partial charge in [-0.1, -0.05) is 42.3 Å². The second-order valence-electron chi connectivity index (χ2n) is 5.26. The van der Waals surface area contributed by atoms with Gasteiger partial charge in [0.15, 0.2) is 0 Å². The van der Waals surface area contributed by atoms with Crippen molar-refractivity contribution in [3.8, 4) is 0 Å². The normalized spacial score (nSPS) is 23.4. The predicted molar refractivity (Wildman–Crippen MR) is 73.5 cm³/mol. The SMILES string of the molecule is O=C1OC[C@H](c2ccccc2)N1C=C1CCCCC1. The van der Waals surface area contributed by atoms with Crippen LogP contribution < -0.4 is 0 Å². The molecule has 19 heavy (non-hydrogen) atoms. The molecule has 1 amide bonds. The molecule has 2 aliphatic rings. The molecule has 0 radical (unpaired) electrons. The lowest BCUT2D eigenvalue weighted by Gasteiger charge is -2.21. The molecule has 0 N–H and O–H groups in total. The Morgan fingerprint density at radius 3 is 2.58 bits per heavy atom. The zero-order valence-electron chi connectivity index (χ0n) is 11.0. The van der Waals surface area contributed by atoms with Gasteiger partial charge in [0.1, 0.15) is 6.61 Å². The number of nitrogens with zero attached hydrogens (tertiary/aromatic N) is 1. The minimum absolute atomic E-state index is 0.0307. The summed E-state index contributed by atoms with van der Waals surface area (Å²) >= 11 is 0. The number of allylic oxidation sites excluding steroid dienone is 1. The Kier molecular flexibility index (Phi) is 3.53. The Labute approximate surface area is 113 Å². The molecule has 3 heteroatoms. The Morgan fingerprint density at radius 2 is 1.84 bits per heavy atom. The van der Waals surface area contributed by atoms with Crippen molar-refractivity contribution in [3.05, 3.63) is 47.7 Å². The third-order valence-corrected chi connectivity index (χ3v) is 3.91. The number of benzene rings is 1. The minimum Gasteiger partial charge on any atom is -0.447 e. The van der Waals surface area contributed by atoms with E-state index in [0.717, 1.165) is 18.4 Å². The highest BCUT2D eigenvalue weighted by Gasteiger charge is 2.33. The highest BCUT2D eigenvalue weighted by atomic mass is 16.6. The lowest BCUT2D eigenvalue weighted by Crippen LogP contribution is -2.22. The fourth-order valence-electron chi connectivity index (χ4n) is 2.84. The molecule has 3 rings (SSSR count). The van der Waals surface area contributed by atoms with Crippen LogP contribution in [0.3, 0.4) is 0 Å². The fraction of sp³-hybridized carbons (Fsp3) is 0.438. The van der Waals surface area contributed by atoms with Gasteiger partial charge in [-0.15, -0.1) is 0 Å². The van der Waals surface area contributed by atoms with Crippen LogP contribution in [0, 0.1) is 0 Å². The molecule has 0 bridgehead atoms. The van der Waals surface area contributed by atoms with Crippen LogP contribution in [0.4, 0.5) is 4.79 Å². The number of carbonyl (C=O) groups excluding carboxylic acids is 1. The first-order valence-electron chi connectivity index (χ1n) is 7.04. The van der Waals surface area contributed by atoms with E-state index in [1.165, 1.54) is 24.8 Å². The van der Waals surface area contributed by atoms with Gasteiger partial charge in [-0.25, -0.2) is 4.79 Å². The Morgan fingerprint density at radius 1 is 1.11 bits per heavy atom. The summed E-state index contributed by atoms with van der Waals surface area (Å²) in [7, 11) is 0. The highest BCUT2D eigenvalue weighted by Crippen LogP contribution is 2.31. The standard InChI is InChI=1S/C16H19NO2/c18-16-17(11-13-7-3-1-4-8-13)15(12-19-16)14-9-5-2-6-10-14/h2,5-6,9-11,15H,1,3-4,7-8,12H2/t15-/m1/s1. The first-order valence-corrected chi connectivity index (χ1v) is 7.04. The van der Waals surface area contributed by atoms with Crippen LogP contribution in [0.1, 0.15) is 43.7 Å². The van der Waals surface area contributed by atoms with Gasteiger partial charge in [0.2, 0.25) is 0 Å². The zero-order valence-corrected chi connectivity index (χ0v) is 11.0. The van der Waals surface area contributed by atoms with Gasteiger partial charge in [-0.05, 0) is 31.2 Å². The summed E-state index contributed by atoms with van der Waals surface area (Å²) < 4.78 is 5.22. The van der Waals surface area contributed by atoms with Gasteiger partial charge in [0.25, 0.3) is 0 Å². The van der Waals surface area contributed by atoms with Crippen molar-refractivity contribution in [2.45, 2.75) is 38.1 Å². The van der Waals surface area contributed by atoms with Gasteiger partial charge >= 0.3 is 6.09 Å². The lowest BCUT2D eigenvalue weighted by atomic mass is 9.95. The molecule has 3 nitrogen and oxygen atoms in total. The van der Waals surface area contributed by atoms with Gasteiger partial charge in [-0.3, -0.25) is 4.90 Å². The maximum Gasteiger partial charge on any atom is 0.414 e. The van der Waals surface area contributed by atoms with E-state index < -0.39 is 0 Å². The molecule has 1 atom stereocenters. The van der Waals surface area contributed by atoms with Gasteiger partial charge in [-0.2, -0.15) is 0 Å². The molecular weight excluding hydrogens is 238 g/mol. The zero-order chi connectivity index (χ0) is 13.1. The molecule has 1 aromatic carbocycles. The molecular formula is C16H19NO2. The summed E-state index contributed by atoms with van der Waals surface area (Å²) in [6.45, 7) is 0.451. The van der Waals surface area contributed by atoms with Crippen molar-refractivity contribution in [1.29, 1.82) is 0 Å². The molecule has 1 aliphatic carbocycles. The third kappa shape index (κ3) is 2.65. The number of rotatable bonds is 2. The van der Waals surface area contributed by atoms with E-state index in [-0.39, 0.29) is 12.1 Å². The van der Waals surface area contributed by atoms with E-state index >= 15 is 0 Å². The van der Waals surface area contributed by atoms with Crippen molar-refractivity contribution in [1.82, 2.24) is 4.90 Å². The topological polar surface area (TPSA) is 29.5 Å². The number of ether oxygens (including phenoxy) is 1. The van der Waals surface area contributed by atoms with Crippen LogP contribution in [-0.2, 0) is 4.74 Å². The maximum absolute atomic E-state index is 11.9. The quantitative estimate of drug-likeness (QED) is 0.800. The van der Waals surface area contributed by atoms with Crippen LogP contribution in [0.2, 0.25) is 0 Å². The monoisotopic (exact) mass is 257 g/mol. The van der Waals surface area contributed by atoms with E-state index in [1.807, 2.05) is 24.4 Å². The Balaban J connectivity index is 1.82. The van der Waals surface area contributed by atoms with Crippen LogP contribution in [0.25, 0.3) is 0 Å². The van der Waals surface area contributed by atoms with Crippen LogP contribution in [0.5, 0.6) is 0 Å². The van der Waals surface area contributed by atoms with Gasteiger partial charge < -0.3 is 4.74 Å². The second kappa shape index (κ2) is 5.47. The van der Waals surface area contributed by atoms with E-state index in [1.54, 1.807) is 4.90 Å². The summed E-state index contributed by atoms with van der Waals surface area (Å²) in [5.41, 5.74) is 2.52. The average molecular weight is 257 g/mol. The van der Waals surface area contributed by atoms with Crippen LogP contribution >= 0.6 is 0 Å². The Hall–Kier alpha value is -1.77. The summed E-state index contributed by atoms with van der Waals surface area (Å²) in [5, 5.41) is 0. The molecule has 1 saturated heterocycles. The summed E-state index contributed by atoms with van der Waals surface area (Å²) in [5.74, 6) is 0. The number of hydrogen-bond acceptors (Lipinski definition) is 2. The molecule has 1 aliphatic heterocycles. The molecule has 2 fully saturated rings. The number of carbonyl (C=O) groups is 1. The van der Waals surface area contributed by atoms with E-state index in [2.05, 4.69) is 12.1 Å². The van der Waals surface area contributed by atoms with Crippen molar-refractivity contribution < 1.29 is 9.53 Å². The summed E-state index contributed by atoms with van der Waals surface area (Å²) in [6, 6.07) is 10.1. The van der Waals surface area contributed by atoms with Crippen molar-refractivity contribution in [2.24, 2.45) is 0 Å². The van der Waals surface area contributed by atoms with Gasteiger partial charge in [0.05, 0.1) is 6.04 Å². The smallest absolute Gasteiger partial charge is 0.414 e. The second-order valence-corrected chi connectivity index (χ2v) is 5.26. The van der Waals surface area contributed by atoms with Crippen molar-refractivity contribution >= 4 is 6.09 Å². The van der Waals surface area contributed by atoms with Gasteiger partial charge in [0, 0.05) is 6.20 Å². The molecule has 0 spiro atoms. The molecule has 0 aromatic heterocycles. The molecule has 100 valence electrons. The van der Waals surface area contributed by atoms with E-state index in [9.17, 15) is 4.79 Å².